The molecule has 3 rings (SSSR count). The SMILES string of the molecule is CCOC(=O)c1ccc(Nc2cc(NCCN3CCOCC3)ncn2)cc1. The number of nitrogens with zero attached hydrogens (tertiary/aromatic N) is 3. The Kier molecular flexibility index (Phi) is 6.95. The van der Waals surface area contributed by atoms with E-state index in [1.807, 2.05) is 18.2 Å². The van der Waals surface area contributed by atoms with E-state index in [0.29, 0.717) is 18.0 Å². The molecule has 1 aliphatic rings. The number of benzene rings is 1. The molecule has 0 spiro atoms. The molecule has 144 valence electrons. The number of hydrogen-bond donors (Lipinski definition) is 2. The third-order valence-corrected chi connectivity index (χ3v) is 4.17. The molecule has 0 amide bonds. The smallest absolute Gasteiger partial charge is 0.338 e. The van der Waals surface area contributed by atoms with E-state index in [4.69, 9.17) is 9.47 Å². The van der Waals surface area contributed by atoms with Crippen LogP contribution < -0.4 is 10.6 Å². The molecule has 2 aromatic rings. The van der Waals surface area contributed by atoms with Crippen LogP contribution in [-0.4, -0.2) is 66.8 Å². The molecular formula is C19H25N5O3. The first-order valence-electron chi connectivity index (χ1n) is 9.15. The van der Waals surface area contributed by atoms with Gasteiger partial charge in [0, 0.05) is 37.9 Å². The minimum atomic E-state index is -0.321. The molecule has 1 saturated heterocycles. The molecule has 1 fully saturated rings. The number of hydrogen-bond acceptors (Lipinski definition) is 8. The van der Waals surface area contributed by atoms with Crippen molar-refractivity contribution in [3.8, 4) is 0 Å². The van der Waals surface area contributed by atoms with Crippen LogP contribution in [0.4, 0.5) is 17.3 Å². The molecule has 0 aliphatic carbocycles. The number of carbonyl (C=O) groups is 1. The summed E-state index contributed by atoms with van der Waals surface area (Å²) in [5.74, 6) is 1.13. The molecule has 1 aliphatic heterocycles. The third kappa shape index (κ3) is 5.90. The van der Waals surface area contributed by atoms with Crippen molar-refractivity contribution < 1.29 is 14.3 Å². The summed E-state index contributed by atoms with van der Waals surface area (Å²) in [6.45, 7) is 7.46. The monoisotopic (exact) mass is 371 g/mol. The lowest BCUT2D eigenvalue weighted by Crippen LogP contribution is -2.39. The number of ether oxygens (including phenoxy) is 2. The average molecular weight is 371 g/mol. The van der Waals surface area contributed by atoms with Gasteiger partial charge in [-0.25, -0.2) is 14.8 Å². The maximum atomic E-state index is 11.7. The van der Waals surface area contributed by atoms with Crippen molar-refractivity contribution in [3.63, 3.8) is 0 Å². The fourth-order valence-electron chi connectivity index (χ4n) is 2.74. The van der Waals surface area contributed by atoms with Gasteiger partial charge in [-0.1, -0.05) is 0 Å². The van der Waals surface area contributed by atoms with E-state index >= 15 is 0 Å². The molecule has 2 heterocycles. The van der Waals surface area contributed by atoms with Gasteiger partial charge >= 0.3 is 5.97 Å². The Morgan fingerprint density at radius 2 is 1.93 bits per heavy atom. The lowest BCUT2D eigenvalue weighted by molar-refractivity contribution is 0.0398. The van der Waals surface area contributed by atoms with Crippen LogP contribution in [-0.2, 0) is 9.47 Å². The van der Waals surface area contributed by atoms with Gasteiger partial charge in [-0.3, -0.25) is 4.90 Å². The highest BCUT2D eigenvalue weighted by atomic mass is 16.5. The standard InChI is InChI=1S/C19H25N5O3/c1-2-27-19(25)15-3-5-16(6-4-15)23-18-13-17(21-14-22-18)20-7-8-24-9-11-26-12-10-24/h3-6,13-14H,2,7-12H2,1H3,(H2,20,21,22,23). The fraction of sp³-hybridized carbons (Fsp3) is 0.421. The Bertz CT molecular complexity index is 732. The summed E-state index contributed by atoms with van der Waals surface area (Å²) in [4.78, 5) is 22.5. The number of rotatable bonds is 8. The summed E-state index contributed by atoms with van der Waals surface area (Å²) >= 11 is 0. The molecule has 2 N–H and O–H groups in total. The van der Waals surface area contributed by atoms with Gasteiger partial charge in [0.2, 0.25) is 0 Å². The first kappa shape index (κ1) is 19.1. The predicted molar refractivity (Wildman–Crippen MR) is 103 cm³/mol. The zero-order chi connectivity index (χ0) is 18.9. The van der Waals surface area contributed by atoms with E-state index in [0.717, 1.165) is 50.9 Å². The van der Waals surface area contributed by atoms with Crippen molar-refractivity contribution in [3.05, 3.63) is 42.2 Å². The third-order valence-electron chi connectivity index (χ3n) is 4.17. The van der Waals surface area contributed by atoms with Gasteiger partial charge in [0.15, 0.2) is 0 Å². The van der Waals surface area contributed by atoms with E-state index in [1.54, 1.807) is 19.1 Å². The van der Waals surface area contributed by atoms with Gasteiger partial charge in [-0.15, -0.1) is 0 Å². The first-order chi connectivity index (χ1) is 13.2. The normalized spacial score (nSPS) is 14.6. The summed E-state index contributed by atoms with van der Waals surface area (Å²) in [5.41, 5.74) is 1.36. The second kappa shape index (κ2) is 9.84. The first-order valence-corrected chi connectivity index (χ1v) is 9.15. The summed E-state index contributed by atoms with van der Waals surface area (Å²) in [6, 6.07) is 8.95. The van der Waals surface area contributed by atoms with Crippen molar-refractivity contribution in [1.82, 2.24) is 14.9 Å². The van der Waals surface area contributed by atoms with E-state index in [1.165, 1.54) is 6.33 Å². The number of morpholine rings is 1. The van der Waals surface area contributed by atoms with Gasteiger partial charge in [-0.05, 0) is 31.2 Å². The van der Waals surface area contributed by atoms with E-state index in [-0.39, 0.29) is 5.97 Å². The van der Waals surface area contributed by atoms with Gasteiger partial charge in [0.1, 0.15) is 18.0 Å². The highest BCUT2D eigenvalue weighted by Crippen LogP contribution is 2.17. The molecule has 1 aromatic carbocycles. The fourth-order valence-corrected chi connectivity index (χ4v) is 2.74. The Labute approximate surface area is 158 Å². The molecule has 27 heavy (non-hydrogen) atoms. The average Bonchev–Trinajstić information content (AvgIpc) is 2.70. The van der Waals surface area contributed by atoms with E-state index < -0.39 is 0 Å². The summed E-state index contributed by atoms with van der Waals surface area (Å²) in [7, 11) is 0. The van der Waals surface area contributed by atoms with Crippen LogP contribution >= 0.6 is 0 Å². The summed E-state index contributed by atoms with van der Waals surface area (Å²) in [5, 5.41) is 6.53. The highest BCUT2D eigenvalue weighted by Gasteiger charge is 2.09. The number of anilines is 3. The second-order valence-electron chi connectivity index (χ2n) is 6.09. The lowest BCUT2D eigenvalue weighted by Gasteiger charge is -2.26. The summed E-state index contributed by atoms with van der Waals surface area (Å²) in [6.07, 6.45) is 1.52. The van der Waals surface area contributed by atoms with Crippen molar-refractivity contribution in [1.29, 1.82) is 0 Å². The van der Waals surface area contributed by atoms with Gasteiger partial charge < -0.3 is 20.1 Å². The Balaban J connectivity index is 1.51. The summed E-state index contributed by atoms with van der Waals surface area (Å²) < 4.78 is 10.3. The molecule has 0 saturated carbocycles. The Morgan fingerprint density at radius 3 is 2.67 bits per heavy atom. The van der Waals surface area contributed by atoms with Gasteiger partial charge in [-0.2, -0.15) is 0 Å². The molecular weight excluding hydrogens is 346 g/mol. The van der Waals surface area contributed by atoms with Crippen molar-refractivity contribution in [2.45, 2.75) is 6.92 Å². The van der Waals surface area contributed by atoms with Crippen molar-refractivity contribution in [2.24, 2.45) is 0 Å². The van der Waals surface area contributed by atoms with Crippen molar-refractivity contribution >= 4 is 23.3 Å². The number of carbonyl (C=O) groups excluding carboxylic acids is 1. The van der Waals surface area contributed by atoms with Crippen LogP contribution in [0.15, 0.2) is 36.7 Å². The second-order valence-corrected chi connectivity index (χ2v) is 6.09. The van der Waals surface area contributed by atoms with Crippen molar-refractivity contribution in [2.75, 3.05) is 56.6 Å². The topological polar surface area (TPSA) is 88.6 Å². The molecule has 0 radical (unpaired) electrons. The van der Waals surface area contributed by atoms with Crippen LogP contribution in [0.3, 0.4) is 0 Å². The number of nitrogens with one attached hydrogen (secondary N) is 2. The largest absolute Gasteiger partial charge is 0.462 e. The van der Waals surface area contributed by atoms with Crippen LogP contribution in [0.5, 0.6) is 0 Å². The minimum Gasteiger partial charge on any atom is -0.462 e. The van der Waals surface area contributed by atoms with Crippen LogP contribution in [0.2, 0.25) is 0 Å². The molecule has 1 aromatic heterocycles. The highest BCUT2D eigenvalue weighted by molar-refractivity contribution is 5.89. The van der Waals surface area contributed by atoms with Crippen LogP contribution in [0, 0.1) is 0 Å². The van der Waals surface area contributed by atoms with E-state index in [2.05, 4.69) is 25.5 Å². The van der Waals surface area contributed by atoms with Gasteiger partial charge in [0.05, 0.1) is 25.4 Å². The number of aromatic nitrogens is 2. The van der Waals surface area contributed by atoms with Crippen LogP contribution in [0.1, 0.15) is 17.3 Å². The van der Waals surface area contributed by atoms with E-state index in [9.17, 15) is 4.79 Å². The maximum absolute atomic E-state index is 11.7. The predicted octanol–water partition coefficient (Wildman–Crippen LogP) is 2.14. The molecule has 8 nitrogen and oxygen atoms in total. The molecule has 0 bridgehead atoms. The zero-order valence-electron chi connectivity index (χ0n) is 15.5. The molecule has 0 unspecified atom stereocenters. The maximum Gasteiger partial charge on any atom is 0.338 e. The van der Waals surface area contributed by atoms with Crippen LogP contribution in [0.25, 0.3) is 0 Å². The minimum absolute atomic E-state index is 0.321. The Morgan fingerprint density at radius 1 is 1.19 bits per heavy atom. The quantitative estimate of drug-likeness (QED) is 0.683. The molecule has 0 atom stereocenters. The number of esters is 1. The lowest BCUT2D eigenvalue weighted by atomic mass is 10.2. The van der Waals surface area contributed by atoms with Gasteiger partial charge in [0.25, 0.3) is 0 Å². The zero-order valence-corrected chi connectivity index (χ0v) is 15.5. The Hall–Kier alpha value is -2.71. The molecule has 8 heteroatoms.